The number of benzene rings is 2. The zero-order valence-corrected chi connectivity index (χ0v) is 19.8. The molecule has 35 heavy (non-hydrogen) atoms. The van der Waals surface area contributed by atoms with Crippen molar-refractivity contribution in [3.05, 3.63) is 93.3 Å². The van der Waals surface area contributed by atoms with E-state index in [0.29, 0.717) is 21.6 Å². The minimum absolute atomic E-state index is 0.00603. The number of fused-ring (bicyclic) bond motifs is 5. The first-order valence-corrected chi connectivity index (χ1v) is 12.0. The van der Waals surface area contributed by atoms with Gasteiger partial charge in [0.15, 0.2) is 11.0 Å². The summed E-state index contributed by atoms with van der Waals surface area (Å²) in [5.41, 5.74) is -0.776. The summed E-state index contributed by atoms with van der Waals surface area (Å²) in [5, 5.41) is 9.78. The Hall–Kier alpha value is -4.11. The maximum atomic E-state index is 14.4. The van der Waals surface area contributed by atoms with Crippen LogP contribution in [0.1, 0.15) is 46.5 Å². The fourth-order valence-corrected chi connectivity index (χ4v) is 5.87. The van der Waals surface area contributed by atoms with Gasteiger partial charge in [0.25, 0.3) is 11.8 Å². The standard InChI is InChI=1S/C26H20N4O4S/c1-4-13-29-17-11-7-6-10-16(17)26(24(29)33)19-20(31)15-9-5-8-12-18(15)34-21(19)23(32)30(26)25-28-27-22(35-25)14(2)3/h4-12,14H,1,13H2,2-3H3. The molecule has 0 saturated carbocycles. The van der Waals surface area contributed by atoms with Gasteiger partial charge >= 0.3 is 0 Å². The molecule has 1 atom stereocenters. The van der Waals surface area contributed by atoms with Gasteiger partial charge < -0.3 is 9.32 Å². The Kier molecular flexibility index (Phi) is 4.56. The van der Waals surface area contributed by atoms with E-state index in [1.54, 1.807) is 48.5 Å². The Balaban J connectivity index is 1.76. The molecule has 0 fully saturated rings. The first-order chi connectivity index (χ1) is 16.9. The smallest absolute Gasteiger partial charge is 0.297 e. The third-order valence-electron chi connectivity index (χ3n) is 6.46. The summed E-state index contributed by atoms with van der Waals surface area (Å²) in [6.07, 6.45) is 1.61. The van der Waals surface area contributed by atoms with E-state index < -0.39 is 22.8 Å². The number of anilines is 2. The lowest BCUT2D eigenvalue weighted by Crippen LogP contribution is -2.53. The minimum Gasteiger partial charge on any atom is -0.450 e. The van der Waals surface area contributed by atoms with Gasteiger partial charge in [0.1, 0.15) is 10.6 Å². The van der Waals surface area contributed by atoms with Crippen LogP contribution in [0, 0.1) is 0 Å². The van der Waals surface area contributed by atoms with Crippen molar-refractivity contribution in [1.82, 2.24) is 10.2 Å². The second-order valence-electron chi connectivity index (χ2n) is 8.78. The van der Waals surface area contributed by atoms with Crippen LogP contribution in [0.4, 0.5) is 10.8 Å². The number of para-hydroxylation sites is 2. The van der Waals surface area contributed by atoms with E-state index in [-0.39, 0.29) is 34.5 Å². The molecule has 0 N–H and O–H groups in total. The number of amides is 2. The zero-order chi connectivity index (χ0) is 24.5. The first-order valence-electron chi connectivity index (χ1n) is 11.2. The molecule has 2 aromatic heterocycles. The Bertz CT molecular complexity index is 1620. The molecule has 174 valence electrons. The summed E-state index contributed by atoms with van der Waals surface area (Å²) in [5.74, 6) is -1.12. The van der Waals surface area contributed by atoms with E-state index in [9.17, 15) is 14.4 Å². The van der Waals surface area contributed by atoms with Gasteiger partial charge in [-0.25, -0.2) is 0 Å². The highest BCUT2D eigenvalue weighted by molar-refractivity contribution is 7.15. The Morgan fingerprint density at radius 3 is 2.57 bits per heavy atom. The number of aromatic nitrogens is 2. The number of nitrogens with zero attached hydrogens (tertiary/aromatic N) is 4. The van der Waals surface area contributed by atoms with Gasteiger partial charge in [-0.05, 0) is 18.2 Å². The lowest BCUT2D eigenvalue weighted by molar-refractivity contribution is -0.121. The third kappa shape index (κ3) is 2.64. The van der Waals surface area contributed by atoms with E-state index in [1.807, 2.05) is 19.9 Å². The van der Waals surface area contributed by atoms with E-state index in [0.717, 1.165) is 0 Å². The molecule has 2 amide bonds. The molecule has 0 aliphatic carbocycles. The highest BCUT2D eigenvalue weighted by Crippen LogP contribution is 2.54. The van der Waals surface area contributed by atoms with Crippen LogP contribution in [-0.2, 0) is 10.3 Å². The van der Waals surface area contributed by atoms with Gasteiger partial charge in [0.2, 0.25) is 10.9 Å². The van der Waals surface area contributed by atoms with E-state index in [4.69, 9.17) is 4.42 Å². The van der Waals surface area contributed by atoms with Crippen LogP contribution in [0.2, 0.25) is 0 Å². The maximum Gasteiger partial charge on any atom is 0.297 e. The van der Waals surface area contributed by atoms with Gasteiger partial charge in [-0.15, -0.1) is 16.8 Å². The Morgan fingerprint density at radius 1 is 1.09 bits per heavy atom. The van der Waals surface area contributed by atoms with Crippen LogP contribution in [-0.4, -0.2) is 28.6 Å². The summed E-state index contributed by atoms with van der Waals surface area (Å²) in [4.78, 5) is 45.2. The number of rotatable bonds is 4. The van der Waals surface area contributed by atoms with Crippen LogP contribution in [0.5, 0.6) is 0 Å². The molecular weight excluding hydrogens is 464 g/mol. The average molecular weight is 485 g/mol. The summed E-state index contributed by atoms with van der Waals surface area (Å²) in [6, 6.07) is 13.9. The quantitative estimate of drug-likeness (QED) is 0.403. The van der Waals surface area contributed by atoms with Crippen LogP contribution in [0.25, 0.3) is 11.0 Å². The summed E-state index contributed by atoms with van der Waals surface area (Å²) in [6.45, 7) is 7.94. The van der Waals surface area contributed by atoms with Gasteiger partial charge in [0.05, 0.1) is 16.6 Å². The summed E-state index contributed by atoms with van der Waals surface area (Å²) < 4.78 is 6.02. The number of carbonyl (C=O) groups is 2. The predicted molar refractivity (Wildman–Crippen MR) is 133 cm³/mol. The third-order valence-corrected chi connectivity index (χ3v) is 7.67. The number of hydrogen-bond acceptors (Lipinski definition) is 7. The first kappa shape index (κ1) is 21.4. The Labute approximate surface area is 204 Å². The van der Waals surface area contributed by atoms with Crippen molar-refractivity contribution in [3.63, 3.8) is 0 Å². The second-order valence-corrected chi connectivity index (χ2v) is 9.77. The lowest BCUT2D eigenvalue weighted by atomic mass is 9.84. The SMILES string of the molecule is C=CCN1C(=O)C2(c3ccccc31)c1c(oc3ccccc3c1=O)C(=O)N2c1nnc(C(C)C)s1. The van der Waals surface area contributed by atoms with Crippen molar-refractivity contribution in [1.29, 1.82) is 0 Å². The van der Waals surface area contributed by atoms with Crippen molar-refractivity contribution in [2.75, 3.05) is 16.3 Å². The van der Waals surface area contributed by atoms with E-state index >= 15 is 0 Å². The molecule has 0 saturated heterocycles. The predicted octanol–water partition coefficient (Wildman–Crippen LogP) is 4.20. The zero-order valence-electron chi connectivity index (χ0n) is 19.0. The molecule has 4 heterocycles. The second kappa shape index (κ2) is 7.44. The fourth-order valence-electron chi connectivity index (χ4n) is 4.97. The van der Waals surface area contributed by atoms with Gasteiger partial charge in [-0.1, -0.05) is 61.6 Å². The molecule has 1 spiro atoms. The molecular formula is C26H20N4O4S. The van der Waals surface area contributed by atoms with Gasteiger partial charge in [0, 0.05) is 18.0 Å². The minimum atomic E-state index is -1.76. The van der Waals surface area contributed by atoms with E-state index in [2.05, 4.69) is 16.8 Å². The maximum absolute atomic E-state index is 14.4. The summed E-state index contributed by atoms with van der Waals surface area (Å²) in [7, 11) is 0. The van der Waals surface area contributed by atoms with Crippen LogP contribution in [0.3, 0.4) is 0 Å². The van der Waals surface area contributed by atoms with Crippen molar-refractivity contribution in [2.45, 2.75) is 25.3 Å². The molecule has 0 radical (unpaired) electrons. The molecule has 8 nitrogen and oxygen atoms in total. The summed E-state index contributed by atoms with van der Waals surface area (Å²) >= 11 is 1.22. The lowest BCUT2D eigenvalue weighted by Gasteiger charge is -2.31. The van der Waals surface area contributed by atoms with Crippen molar-refractivity contribution in [2.24, 2.45) is 0 Å². The van der Waals surface area contributed by atoms with Crippen LogP contribution < -0.4 is 15.2 Å². The molecule has 1 unspecified atom stereocenters. The van der Waals surface area contributed by atoms with Gasteiger partial charge in [-0.2, -0.15) is 0 Å². The number of carbonyl (C=O) groups excluding carboxylic acids is 2. The molecule has 4 aromatic rings. The number of hydrogen-bond donors (Lipinski definition) is 0. The largest absolute Gasteiger partial charge is 0.450 e. The molecule has 2 aliphatic rings. The van der Waals surface area contributed by atoms with Gasteiger partial charge in [-0.3, -0.25) is 19.3 Å². The highest BCUT2D eigenvalue weighted by atomic mass is 32.1. The normalized spacial score (nSPS) is 18.7. The van der Waals surface area contributed by atoms with Crippen molar-refractivity contribution < 1.29 is 14.0 Å². The van der Waals surface area contributed by atoms with Crippen molar-refractivity contribution in [3.8, 4) is 0 Å². The highest BCUT2D eigenvalue weighted by Gasteiger charge is 2.66. The monoisotopic (exact) mass is 484 g/mol. The van der Waals surface area contributed by atoms with Crippen LogP contribution in [0.15, 0.2) is 70.4 Å². The molecule has 2 aromatic carbocycles. The van der Waals surface area contributed by atoms with Crippen LogP contribution >= 0.6 is 11.3 Å². The topological polar surface area (TPSA) is 96.6 Å². The fraction of sp³-hybridized carbons (Fsp3) is 0.192. The molecule has 9 heteroatoms. The molecule has 6 rings (SSSR count). The van der Waals surface area contributed by atoms with E-state index in [1.165, 1.54) is 21.1 Å². The average Bonchev–Trinajstić information content (AvgIpc) is 3.50. The molecule has 0 bridgehead atoms. The molecule has 2 aliphatic heterocycles. The Morgan fingerprint density at radius 2 is 1.83 bits per heavy atom. The van der Waals surface area contributed by atoms with Crippen molar-refractivity contribution >= 4 is 44.9 Å².